The summed E-state index contributed by atoms with van der Waals surface area (Å²) >= 11 is 1.51. The summed E-state index contributed by atoms with van der Waals surface area (Å²) in [6.07, 6.45) is 4.87. The number of nitrogens with one attached hydrogen (secondary N) is 1. The molecule has 1 N–H and O–H groups in total. The second kappa shape index (κ2) is 8.26. The average Bonchev–Trinajstić information content (AvgIpc) is 3.39. The van der Waals surface area contributed by atoms with Crippen LogP contribution in [-0.4, -0.2) is 38.0 Å². The number of hydrogen-bond donors (Lipinski definition) is 1. The van der Waals surface area contributed by atoms with E-state index in [0.29, 0.717) is 31.2 Å². The summed E-state index contributed by atoms with van der Waals surface area (Å²) in [6.45, 7) is 4.27. The molecular formula is C23H25N5O2S. The fourth-order valence-electron chi connectivity index (χ4n) is 4.01. The second-order valence-corrected chi connectivity index (χ2v) is 9.58. The van der Waals surface area contributed by atoms with Crippen molar-refractivity contribution in [1.82, 2.24) is 25.0 Å². The largest absolute Gasteiger partial charge is 0.345 e. The number of carbonyl (C=O) groups is 2. The maximum Gasteiger partial charge on any atom is 0.272 e. The maximum absolute atomic E-state index is 13.0. The molecule has 0 aromatic carbocycles. The Hall–Kier alpha value is -3.00. The van der Waals surface area contributed by atoms with Crippen LogP contribution < -0.4 is 5.32 Å². The molecule has 3 aromatic rings. The summed E-state index contributed by atoms with van der Waals surface area (Å²) in [4.78, 5) is 34.0. The van der Waals surface area contributed by atoms with E-state index in [4.69, 9.17) is 5.10 Å². The minimum Gasteiger partial charge on any atom is -0.345 e. The van der Waals surface area contributed by atoms with Crippen molar-refractivity contribution in [3.63, 3.8) is 0 Å². The molecule has 0 bridgehead atoms. The van der Waals surface area contributed by atoms with E-state index in [1.165, 1.54) is 24.2 Å². The van der Waals surface area contributed by atoms with E-state index in [1.807, 2.05) is 46.8 Å². The van der Waals surface area contributed by atoms with Crippen LogP contribution in [0.4, 0.5) is 0 Å². The molecule has 8 heteroatoms. The molecule has 2 aliphatic rings. The zero-order chi connectivity index (χ0) is 21.4. The molecule has 0 unspecified atom stereocenters. The molecule has 1 fully saturated rings. The van der Waals surface area contributed by atoms with Crippen molar-refractivity contribution in [2.24, 2.45) is 5.92 Å². The van der Waals surface area contributed by atoms with Gasteiger partial charge in [-0.2, -0.15) is 5.10 Å². The number of amides is 2. The Balaban J connectivity index is 1.38. The van der Waals surface area contributed by atoms with Crippen LogP contribution in [0.25, 0.3) is 0 Å². The van der Waals surface area contributed by atoms with Crippen molar-refractivity contribution in [3.8, 4) is 0 Å². The molecule has 0 radical (unpaired) electrons. The average molecular weight is 436 g/mol. The SMILES string of the molecule is Cc1ccc(C(=O)N2CCc3c(c(C(=O)NCc4ccccn4)nn3CC3CC3)C2)s1. The Kier molecular flexibility index (Phi) is 5.31. The smallest absolute Gasteiger partial charge is 0.272 e. The highest BCUT2D eigenvalue weighted by Crippen LogP contribution is 2.33. The number of fused-ring (bicyclic) bond motifs is 1. The molecule has 31 heavy (non-hydrogen) atoms. The first-order valence-corrected chi connectivity index (χ1v) is 11.5. The Bertz CT molecular complexity index is 1120. The van der Waals surface area contributed by atoms with Gasteiger partial charge in [0.05, 0.1) is 23.7 Å². The van der Waals surface area contributed by atoms with Crippen LogP contribution in [-0.2, 0) is 26.1 Å². The fraction of sp³-hybridized carbons (Fsp3) is 0.391. The van der Waals surface area contributed by atoms with Crippen molar-refractivity contribution >= 4 is 23.2 Å². The van der Waals surface area contributed by atoms with Crippen LogP contribution in [0.15, 0.2) is 36.5 Å². The minimum atomic E-state index is -0.210. The van der Waals surface area contributed by atoms with Gasteiger partial charge in [-0.05, 0) is 49.9 Å². The molecule has 0 saturated heterocycles. The molecule has 5 rings (SSSR count). The molecule has 2 amide bonds. The number of pyridine rings is 1. The topological polar surface area (TPSA) is 80.1 Å². The molecular weight excluding hydrogens is 410 g/mol. The third-order valence-corrected chi connectivity index (χ3v) is 6.86. The number of hydrogen-bond acceptors (Lipinski definition) is 5. The molecule has 7 nitrogen and oxygen atoms in total. The van der Waals surface area contributed by atoms with E-state index in [1.54, 1.807) is 6.20 Å². The van der Waals surface area contributed by atoms with Crippen LogP contribution in [0.5, 0.6) is 0 Å². The molecule has 160 valence electrons. The van der Waals surface area contributed by atoms with E-state index in [2.05, 4.69) is 10.3 Å². The van der Waals surface area contributed by atoms with Gasteiger partial charge in [0.15, 0.2) is 5.69 Å². The van der Waals surface area contributed by atoms with Crippen molar-refractivity contribution in [3.05, 3.63) is 68.9 Å². The summed E-state index contributed by atoms with van der Waals surface area (Å²) in [5, 5.41) is 7.65. The molecule has 4 heterocycles. The van der Waals surface area contributed by atoms with Gasteiger partial charge >= 0.3 is 0 Å². The monoisotopic (exact) mass is 435 g/mol. The Labute approximate surface area is 185 Å². The van der Waals surface area contributed by atoms with Crippen molar-refractivity contribution in [2.75, 3.05) is 6.54 Å². The first-order valence-electron chi connectivity index (χ1n) is 10.7. The standard InChI is InChI=1S/C23H25N5O2S/c1-15-5-8-20(31-15)23(30)27-11-9-19-18(14-27)21(26-28(19)13-16-6-7-16)22(29)25-12-17-4-2-3-10-24-17/h2-5,8,10,16H,6-7,9,11-14H2,1H3,(H,25,29). The maximum atomic E-state index is 13.0. The van der Waals surface area contributed by atoms with Gasteiger partial charge in [0, 0.05) is 41.8 Å². The fourth-order valence-corrected chi connectivity index (χ4v) is 4.84. The quantitative estimate of drug-likeness (QED) is 0.645. The lowest BCUT2D eigenvalue weighted by Crippen LogP contribution is -2.37. The highest BCUT2D eigenvalue weighted by Gasteiger charge is 2.32. The zero-order valence-corrected chi connectivity index (χ0v) is 18.3. The van der Waals surface area contributed by atoms with E-state index in [9.17, 15) is 9.59 Å². The third-order valence-electron chi connectivity index (χ3n) is 5.87. The van der Waals surface area contributed by atoms with Gasteiger partial charge in [-0.3, -0.25) is 19.3 Å². The Morgan fingerprint density at radius 1 is 1.23 bits per heavy atom. The van der Waals surface area contributed by atoms with Gasteiger partial charge in [-0.1, -0.05) is 6.07 Å². The van der Waals surface area contributed by atoms with Crippen molar-refractivity contribution in [2.45, 2.75) is 45.8 Å². The summed E-state index contributed by atoms with van der Waals surface area (Å²) in [5.74, 6) is 0.471. The summed E-state index contributed by atoms with van der Waals surface area (Å²) < 4.78 is 2.01. The normalized spacial score (nSPS) is 15.6. The van der Waals surface area contributed by atoms with E-state index >= 15 is 0 Å². The number of aryl methyl sites for hydroxylation is 1. The van der Waals surface area contributed by atoms with Gasteiger partial charge in [0.25, 0.3) is 11.8 Å². The van der Waals surface area contributed by atoms with Crippen LogP contribution in [0.1, 0.15) is 54.8 Å². The number of nitrogens with zero attached hydrogens (tertiary/aromatic N) is 4. The van der Waals surface area contributed by atoms with Gasteiger partial charge in [0.2, 0.25) is 0 Å². The second-order valence-electron chi connectivity index (χ2n) is 8.29. The molecule has 1 aliphatic carbocycles. The summed E-state index contributed by atoms with van der Waals surface area (Å²) in [5.41, 5.74) is 3.21. The van der Waals surface area contributed by atoms with Gasteiger partial charge in [-0.15, -0.1) is 11.3 Å². The highest BCUT2D eigenvalue weighted by atomic mass is 32.1. The lowest BCUT2D eigenvalue weighted by molar-refractivity contribution is 0.0735. The first-order chi connectivity index (χ1) is 15.1. The number of carbonyl (C=O) groups excluding carboxylic acids is 2. The van der Waals surface area contributed by atoms with E-state index in [0.717, 1.165) is 39.7 Å². The number of aromatic nitrogens is 3. The first kappa shape index (κ1) is 19.9. The van der Waals surface area contributed by atoms with Crippen LogP contribution in [0, 0.1) is 12.8 Å². The van der Waals surface area contributed by atoms with Gasteiger partial charge < -0.3 is 10.2 Å². The minimum absolute atomic E-state index is 0.0264. The van der Waals surface area contributed by atoms with Crippen molar-refractivity contribution < 1.29 is 9.59 Å². The third kappa shape index (κ3) is 4.25. The lowest BCUT2D eigenvalue weighted by Gasteiger charge is -2.27. The van der Waals surface area contributed by atoms with Crippen molar-refractivity contribution in [1.29, 1.82) is 0 Å². The van der Waals surface area contributed by atoms with Gasteiger partial charge in [0.1, 0.15) is 0 Å². The molecule has 0 atom stereocenters. The van der Waals surface area contributed by atoms with Gasteiger partial charge in [-0.25, -0.2) is 0 Å². The Morgan fingerprint density at radius 3 is 2.81 bits per heavy atom. The lowest BCUT2D eigenvalue weighted by atomic mass is 10.0. The highest BCUT2D eigenvalue weighted by molar-refractivity contribution is 7.13. The number of rotatable bonds is 6. The predicted octanol–water partition coefficient (Wildman–Crippen LogP) is 3.19. The van der Waals surface area contributed by atoms with E-state index < -0.39 is 0 Å². The van der Waals surface area contributed by atoms with Crippen LogP contribution in [0.2, 0.25) is 0 Å². The zero-order valence-electron chi connectivity index (χ0n) is 17.5. The summed E-state index contributed by atoms with van der Waals surface area (Å²) in [7, 11) is 0. The van der Waals surface area contributed by atoms with Crippen LogP contribution >= 0.6 is 11.3 Å². The molecule has 1 saturated carbocycles. The predicted molar refractivity (Wildman–Crippen MR) is 118 cm³/mol. The Morgan fingerprint density at radius 2 is 2.10 bits per heavy atom. The molecule has 1 aliphatic heterocycles. The molecule has 0 spiro atoms. The molecule has 3 aromatic heterocycles. The van der Waals surface area contributed by atoms with E-state index in [-0.39, 0.29) is 11.8 Å². The van der Waals surface area contributed by atoms with Crippen LogP contribution in [0.3, 0.4) is 0 Å². The number of thiophene rings is 1. The summed E-state index contributed by atoms with van der Waals surface area (Å²) in [6, 6.07) is 9.48.